The maximum atomic E-state index is 10.5. The first kappa shape index (κ1) is 9.48. The average Bonchev–Trinajstić information content (AvgIpc) is 2.67. The van der Waals surface area contributed by atoms with E-state index >= 15 is 0 Å². The first-order chi connectivity index (χ1) is 5.80. The molecule has 2 heterocycles. The van der Waals surface area contributed by atoms with Crippen LogP contribution < -0.4 is 0 Å². The molecule has 0 aromatic heterocycles. The number of carbonyl (C=O) groups excluding carboxylic acids is 1. The van der Waals surface area contributed by atoms with E-state index in [2.05, 4.69) is 0 Å². The molecule has 4 nitrogen and oxygen atoms in total. The largest absolute Gasteiger partial charge is 0.353 e. The number of ether oxygens (including phenoxy) is 2. The third kappa shape index (κ3) is 3.19. The van der Waals surface area contributed by atoms with E-state index in [1.54, 1.807) is 4.90 Å². The van der Waals surface area contributed by atoms with Gasteiger partial charge in [-0.2, -0.15) is 0 Å². The van der Waals surface area contributed by atoms with Crippen molar-refractivity contribution in [2.75, 3.05) is 33.6 Å². The molecule has 0 saturated carbocycles. The fourth-order valence-electron chi connectivity index (χ4n) is 1.08. The molecule has 2 saturated heterocycles. The minimum Gasteiger partial charge on any atom is -0.353 e. The molecule has 0 N–H and O–H groups in total. The molecule has 0 spiro atoms. The van der Waals surface area contributed by atoms with Gasteiger partial charge in [0.15, 0.2) is 0 Å². The van der Waals surface area contributed by atoms with E-state index in [4.69, 9.17) is 9.47 Å². The average molecular weight is 173 g/mol. The first-order valence-electron chi connectivity index (χ1n) is 4.20. The molecule has 0 aromatic carbocycles. The van der Waals surface area contributed by atoms with Crippen molar-refractivity contribution in [2.24, 2.45) is 0 Å². The van der Waals surface area contributed by atoms with Crippen molar-refractivity contribution in [1.29, 1.82) is 0 Å². The summed E-state index contributed by atoms with van der Waals surface area (Å²) in [7, 11) is 1.84. The van der Waals surface area contributed by atoms with Crippen LogP contribution in [0.25, 0.3) is 0 Å². The highest BCUT2D eigenvalue weighted by atomic mass is 16.7. The van der Waals surface area contributed by atoms with Gasteiger partial charge in [-0.05, 0) is 6.42 Å². The smallest absolute Gasteiger partial charge is 0.222 e. The quantitative estimate of drug-likeness (QED) is 0.526. The molecule has 0 radical (unpaired) electrons. The van der Waals surface area contributed by atoms with Crippen LogP contribution in [-0.2, 0) is 14.3 Å². The van der Waals surface area contributed by atoms with Gasteiger partial charge in [0.1, 0.15) is 6.79 Å². The number of nitrogens with zero attached hydrogens (tertiary/aromatic N) is 1. The zero-order chi connectivity index (χ0) is 8.81. The lowest BCUT2D eigenvalue weighted by Crippen LogP contribution is -2.17. The van der Waals surface area contributed by atoms with Gasteiger partial charge in [-0.15, -0.1) is 0 Å². The Bertz CT molecular complexity index is 138. The lowest BCUT2D eigenvalue weighted by molar-refractivity contribution is -0.126. The normalized spacial score (nSPS) is 22.4. The number of carbonyl (C=O) groups is 1. The van der Waals surface area contributed by atoms with Gasteiger partial charge in [0.25, 0.3) is 0 Å². The minimum atomic E-state index is 0.292. The van der Waals surface area contributed by atoms with E-state index in [1.165, 1.54) is 0 Å². The van der Waals surface area contributed by atoms with Gasteiger partial charge in [0.05, 0.1) is 13.2 Å². The maximum absolute atomic E-state index is 10.5. The van der Waals surface area contributed by atoms with Crippen LogP contribution in [0, 0.1) is 0 Å². The van der Waals surface area contributed by atoms with Crippen LogP contribution in [0.3, 0.4) is 0 Å². The van der Waals surface area contributed by atoms with Gasteiger partial charge in [-0.3, -0.25) is 4.79 Å². The van der Waals surface area contributed by atoms with E-state index < -0.39 is 0 Å². The van der Waals surface area contributed by atoms with Crippen molar-refractivity contribution in [3.8, 4) is 0 Å². The van der Waals surface area contributed by atoms with Crippen LogP contribution in [0.1, 0.15) is 12.8 Å². The molecule has 0 aromatic rings. The molecule has 0 unspecified atom stereocenters. The number of amides is 1. The van der Waals surface area contributed by atoms with Gasteiger partial charge < -0.3 is 14.4 Å². The van der Waals surface area contributed by atoms with Crippen LogP contribution in [0.15, 0.2) is 0 Å². The maximum Gasteiger partial charge on any atom is 0.222 e. The minimum absolute atomic E-state index is 0.292. The molecule has 2 aliphatic heterocycles. The fraction of sp³-hybridized carbons (Fsp3) is 0.875. The molecule has 0 aliphatic carbocycles. The summed E-state index contributed by atoms with van der Waals surface area (Å²) in [6.07, 6.45) is 1.81. The van der Waals surface area contributed by atoms with E-state index in [-0.39, 0.29) is 0 Å². The molecule has 1 amide bonds. The number of rotatable bonds is 0. The summed E-state index contributed by atoms with van der Waals surface area (Å²) in [4.78, 5) is 12.3. The second-order valence-electron chi connectivity index (χ2n) is 2.85. The predicted octanol–water partition coefficient (Wildman–Crippen LogP) is 0.229. The van der Waals surface area contributed by atoms with E-state index in [1.807, 2.05) is 7.05 Å². The Kier molecular flexibility index (Phi) is 4.04. The number of likely N-dealkylation sites (tertiary alicyclic amines) is 1. The summed E-state index contributed by atoms with van der Waals surface area (Å²) >= 11 is 0. The Morgan fingerprint density at radius 2 is 2.00 bits per heavy atom. The molecule has 12 heavy (non-hydrogen) atoms. The molecule has 4 heteroatoms. The number of hydrogen-bond acceptors (Lipinski definition) is 3. The highest BCUT2D eigenvalue weighted by molar-refractivity contribution is 5.77. The van der Waals surface area contributed by atoms with E-state index in [0.29, 0.717) is 12.7 Å². The van der Waals surface area contributed by atoms with Gasteiger partial charge in [0, 0.05) is 20.0 Å². The van der Waals surface area contributed by atoms with Gasteiger partial charge in [-0.1, -0.05) is 0 Å². The summed E-state index contributed by atoms with van der Waals surface area (Å²) in [5.41, 5.74) is 0. The summed E-state index contributed by atoms with van der Waals surface area (Å²) in [6.45, 7) is 3.01. The Labute approximate surface area is 72.4 Å². The number of hydrogen-bond donors (Lipinski definition) is 0. The molecule has 2 fully saturated rings. The monoisotopic (exact) mass is 173 g/mol. The molecule has 0 bridgehead atoms. The van der Waals surface area contributed by atoms with Crippen LogP contribution in [0.2, 0.25) is 0 Å². The van der Waals surface area contributed by atoms with Crippen LogP contribution >= 0.6 is 0 Å². The van der Waals surface area contributed by atoms with Crippen molar-refractivity contribution >= 4 is 5.91 Å². The lowest BCUT2D eigenvalue weighted by atomic mass is 10.4. The summed E-state index contributed by atoms with van der Waals surface area (Å²) < 4.78 is 9.44. The fourth-order valence-corrected chi connectivity index (χ4v) is 1.08. The van der Waals surface area contributed by atoms with Gasteiger partial charge in [-0.25, -0.2) is 0 Å². The summed E-state index contributed by atoms with van der Waals surface area (Å²) in [6, 6.07) is 0. The zero-order valence-corrected chi connectivity index (χ0v) is 7.41. The lowest BCUT2D eigenvalue weighted by Gasteiger charge is -2.03. The van der Waals surface area contributed by atoms with Crippen LogP contribution in [-0.4, -0.2) is 44.4 Å². The Hall–Kier alpha value is -0.610. The topological polar surface area (TPSA) is 38.8 Å². The highest BCUT2D eigenvalue weighted by Gasteiger charge is 2.14. The Morgan fingerprint density at radius 1 is 1.33 bits per heavy atom. The Balaban J connectivity index is 0.000000127. The highest BCUT2D eigenvalue weighted by Crippen LogP contribution is 2.04. The molecule has 2 rings (SSSR count). The van der Waals surface area contributed by atoms with Crippen molar-refractivity contribution in [2.45, 2.75) is 12.8 Å². The van der Waals surface area contributed by atoms with Crippen LogP contribution in [0.4, 0.5) is 0 Å². The first-order valence-corrected chi connectivity index (χ1v) is 4.20. The van der Waals surface area contributed by atoms with Gasteiger partial charge in [0.2, 0.25) is 5.91 Å². The van der Waals surface area contributed by atoms with Crippen molar-refractivity contribution < 1.29 is 14.3 Å². The van der Waals surface area contributed by atoms with E-state index in [9.17, 15) is 4.79 Å². The predicted molar refractivity (Wildman–Crippen MR) is 43.6 cm³/mol. The summed E-state index contributed by atoms with van der Waals surface area (Å²) in [5, 5.41) is 0. The SMILES string of the molecule is C1COCO1.CN1CCCC1=O. The van der Waals surface area contributed by atoms with Crippen LogP contribution in [0.5, 0.6) is 0 Å². The summed E-state index contributed by atoms with van der Waals surface area (Å²) in [5.74, 6) is 0.292. The van der Waals surface area contributed by atoms with Crippen molar-refractivity contribution in [3.05, 3.63) is 0 Å². The molecule has 0 atom stereocenters. The van der Waals surface area contributed by atoms with E-state index in [0.717, 1.165) is 32.6 Å². The molecular weight excluding hydrogens is 158 g/mol. The third-order valence-corrected chi connectivity index (χ3v) is 1.85. The standard InChI is InChI=1S/C5H9NO.C3H6O2/c1-6-4-2-3-5(6)7;1-2-5-3-4-1/h2-4H2,1H3;1-3H2. The third-order valence-electron chi connectivity index (χ3n) is 1.85. The zero-order valence-electron chi connectivity index (χ0n) is 7.41. The molecule has 2 aliphatic rings. The van der Waals surface area contributed by atoms with Crippen molar-refractivity contribution in [3.63, 3.8) is 0 Å². The second kappa shape index (κ2) is 5.11. The van der Waals surface area contributed by atoms with Crippen molar-refractivity contribution in [1.82, 2.24) is 4.90 Å². The van der Waals surface area contributed by atoms with Gasteiger partial charge >= 0.3 is 0 Å². The molecular formula is C8H15NO3. The molecule has 70 valence electrons. The second-order valence-corrected chi connectivity index (χ2v) is 2.85. The Morgan fingerprint density at radius 3 is 2.17 bits per heavy atom.